The molecule has 0 spiro atoms. The van der Waals surface area contributed by atoms with Gasteiger partial charge in [-0.3, -0.25) is 4.90 Å². The molecule has 0 bridgehead atoms. The molecule has 0 aromatic heterocycles. The van der Waals surface area contributed by atoms with Crippen LogP contribution < -0.4 is 4.90 Å². The summed E-state index contributed by atoms with van der Waals surface area (Å²) in [5.74, 6) is 0. The Hall–Kier alpha value is -1.06. The number of nitrogens with zero attached hydrogens (tertiary/aromatic N) is 2. The van der Waals surface area contributed by atoms with Crippen molar-refractivity contribution in [1.82, 2.24) is 4.90 Å². The lowest BCUT2D eigenvalue weighted by Crippen LogP contribution is -2.49. The summed E-state index contributed by atoms with van der Waals surface area (Å²) in [4.78, 5) is 4.99. The van der Waals surface area contributed by atoms with Gasteiger partial charge in [-0.1, -0.05) is 32.0 Å². The van der Waals surface area contributed by atoms with Gasteiger partial charge in [0.2, 0.25) is 0 Å². The van der Waals surface area contributed by atoms with Crippen molar-refractivity contribution in [3.05, 3.63) is 29.8 Å². The van der Waals surface area contributed by atoms with Crippen LogP contribution in [-0.2, 0) is 0 Å². The first-order valence-corrected chi connectivity index (χ1v) is 7.93. The molecule has 0 aliphatic carbocycles. The molecule has 0 amide bonds. The van der Waals surface area contributed by atoms with Gasteiger partial charge in [0.1, 0.15) is 0 Å². The molecule has 3 nitrogen and oxygen atoms in total. The minimum absolute atomic E-state index is 0.348. The van der Waals surface area contributed by atoms with Crippen molar-refractivity contribution in [3.63, 3.8) is 0 Å². The molecule has 112 valence electrons. The van der Waals surface area contributed by atoms with E-state index in [9.17, 15) is 5.11 Å². The second kappa shape index (κ2) is 7.09. The highest BCUT2D eigenvalue weighted by molar-refractivity contribution is 5.55. The molecule has 20 heavy (non-hydrogen) atoms. The highest BCUT2D eigenvalue weighted by Crippen LogP contribution is 2.29. The van der Waals surface area contributed by atoms with Gasteiger partial charge in [-0.05, 0) is 25.8 Å². The summed E-state index contributed by atoms with van der Waals surface area (Å²) < 4.78 is 0. The Balaban J connectivity index is 2.07. The third-order valence-electron chi connectivity index (χ3n) is 4.55. The van der Waals surface area contributed by atoms with Crippen LogP contribution in [0.15, 0.2) is 24.3 Å². The Kier molecular flexibility index (Phi) is 5.44. The van der Waals surface area contributed by atoms with Crippen LogP contribution in [0.4, 0.5) is 5.69 Å². The van der Waals surface area contributed by atoms with E-state index in [1.54, 1.807) is 0 Å². The number of hydrogen-bond acceptors (Lipinski definition) is 3. The lowest BCUT2D eigenvalue weighted by molar-refractivity contribution is 0.172. The Bertz CT molecular complexity index is 413. The monoisotopic (exact) mass is 276 g/mol. The van der Waals surface area contributed by atoms with Crippen LogP contribution in [-0.4, -0.2) is 42.2 Å². The minimum atomic E-state index is -0.348. The summed E-state index contributed by atoms with van der Waals surface area (Å²) in [6.07, 6.45) is 1.63. The molecular formula is C17H28N2O. The van der Waals surface area contributed by atoms with Gasteiger partial charge in [0.05, 0.1) is 6.10 Å². The molecule has 1 aromatic rings. The molecule has 1 aliphatic rings. The molecule has 1 aliphatic heterocycles. The third-order valence-corrected chi connectivity index (χ3v) is 4.55. The van der Waals surface area contributed by atoms with Gasteiger partial charge in [0.25, 0.3) is 0 Å². The molecular weight excluding hydrogens is 248 g/mol. The maximum atomic E-state index is 10.2. The van der Waals surface area contributed by atoms with E-state index in [1.165, 1.54) is 12.1 Å². The fraction of sp³-hybridized carbons (Fsp3) is 0.647. The van der Waals surface area contributed by atoms with Crippen LogP contribution in [0.3, 0.4) is 0 Å². The summed E-state index contributed by atoms with van der Waals surface area (Å²) in [5, 5.41) is 10.2. The highest BCUT2D eigenvalue weighted by atomic mass is 16.3. The van der Waals surface area contributed by atoms with Gasteiger partial charge >= 0.3 is 0 Å². The summed E-state index contributed by atoms with van der Waals surface area (Å²) in [6, 6.07) is 8.97. The lowest BCUT2D eigenvalue weighted by Gasteiger charge is -2.39. The summed E-state index contributed by atoms with van der Waals surface area (Å²) in [6.45, 7) is 10.9. The minimum Gasteiger partial charge on any atom is -0.388 e. The van der Waals surface area contributed by atoms with Crippen LogP contribution in [0.2, 0.25) is 0 Å². The van der Waals surface area contributed by atoms with E-state index in [0.717, 1.165) is 38.2 Å². The molecule has 1 heterocycles. The zero-order chi connectivity index (χ0) is 14.5. The van der Waals surface area contributed by atoms with Crippen LogP contribution in [0.25, 0.3) is 0 Å². The first-order chi connectivity index (χ1) is 9.67. The smallest absolute Gasteiger partial charge is 0.0807 e. The second-order valence-corrected chi connectivity index (χ2v) is 5.76. The van der Waals surface area contributed by atoms with Crippen molar-refractivity contribution in [2.75, 3.05) is 31.1 Å². The molecule has 0 radical (unpaired) electrons. The van der Waals surface area contributed by atoms with E-state index in [4.69, 9.17) is 0 Å². The van der Waals surface area contributed by atoms with Crippen molar-refractivity contribution >= 4 is 5.69 Å². The molecule has 1 fully saturated rings. The third kappa shape index (κ3) is 3.33. The van der Waals surface area contributed by atoms with Gasteiger partial charge in [-0.2, -0.15) is 0 Å². The average molecular weight is 276 g/mol. The van der Waals surface area contributed by atoms with E-state index in [-0.39, 0.29) is 6.10 Å². The quantitative estimate of drug-likeness (QED) is 0.895. The Labute approximate surface area is 123 Å². The maximum absolute atomic E-state index is 10.2. The largest absolute Gasteiger partial charge is 0.388 e. The SMILES string of the molecule is CCC(O)c1ccccc1N1CCN(C(C)CC)CC1. The molecule has 3 heteroatoms. The average Bonchev–Trinajstić information content (AvgIpc) is 2.53. The van der Waals surface area contributed by atoms with E-state index in [1.807, 2.05) is 13.0 Å². The maximum Gasteiger partial charge on any atom is 0.0807 e. The summed E-state index contributed by atoms with van der Waals surface area (Å²) in [5.41, 5.74) is 2.29. The number of hydrogen-bond donors (Lipinski definition) is 1. The topological polar surface area (TPSA) is 26.7 Å². The van der Waals surface area contributed by atoms with Crippen molar-refractivity contribution in [3.8, 4) is 0 Å². The fourth-order valence-electron chi connectivity index (χ4n) is 2.94. The lowest BCUT2D eigenvalue weighted by atomic mass is 10.0. The molecule has 2 rings (SSSR count). The molecule has 1 saturated heterocycles. The zero-order valence-corrected chi connectivity index (χ0v) is 13.0. The number of para-hydroxylation sites is 1. The predicted molar refractivity (Wildman–Crippen MR) is 85.2 cm³/mol. The van der Waals surface area contributed by atoms with Crippen LogP contribution >= 0.6 is 0 Å². The molecule has 0 saturated carbocycles. The summed E-state index contributed by atoms with van der Waals surface area (Å²) >= 11 is 0. The predicted octanol–water partition coefficient (Wildman–Crippen LogP) is 3.05. The van der Waals surface area contributed by atoms with Gasteiger partial charge in [-0.15, -0.1) is 0 Å². The molecule has 1 N–H and O–H groups in total. The van der Waals surface area contributed by atoms with Crippen LogP contribution in [0.5, 0.6) is 0 Å². The number of benzene rings is 1. The summed E-state index contributed by atoms with van der Waals surface area (Å²) in [7, 11) is 0. The van der Waals surface area contributed by atoms with E-state index < -0.39 is 0 Å². The molecule has 1 aromatic carbocycles. The van der Waals surface area contributed by atoms with Crippen molar-refractivity contribution in [2.45, 2.75) is 45.8 Å². The number of anilines is 1. The van der Waals surface area contributed by atoms with E-state index in [0.29, 0.717) is 6.04 Å². The first-order valence-electron chi connectivity index (χ1n) is 7.93. The standard InChI is InChI=1S/C17H28N2O/c1-4-14(3)18-10-12-19(13-11-18)16-9-7-6-8-15(16)17(20)5-2/h6-9,14,17,20H,4-5,10-13H2,1-3H3. The van der Waals surface area contributed by atoms with Crippen molar-refractivity contribution < 1.29 is 5.11 Å². The fourth-order valence-corrected chi connectivity index (χ4v) is 2.94. The molecule has 2 unspecified atom stereocenters. The van der Waals surface area contributed by atoms with Crippen LogP contribution in [0.1, 0.15) is 45.3 Å². The van der Waals surface area contributed by atoms with E-state index >= 15 is 0 Å². The van der Waals surface area contributed by atoms with Crippen molar-refractivity contribution in [2.24, 2.45) is 0 Å². The first kappa shape index (κ1) is 15.3. The number of aliphatic hydroxyl groups excluding tert-OH is 1. The number of piperazine rings is 1. The number of rotatable bonds is 5. The molecule has 2 atom stereocenters. The number of aliphatic hydroxyl groups is 1. The zero-order valence-electron chi connectivity index (χ0n) is 13.0. The van der Waals surface area contributed by atoms with Crippen LogP contribution in [0, 0.1) is 0 Å². The highest BCUT2D eigenvalue weighted by Gasteiger charge is 2.22. The van der Waals surface area contributed by atoms with Gasteiger partial charge in [-0.25, -0.2) is 0 Å². The Morgan fingerprint density at radius 2 is 1.70 bits per heavy atom. The van der Waals surface area contributed by atoms with Gasteiger partial charge in [0, 0.05) is 43.5 Å². The second-order valence-electron chi connectivity index (χ2n) is 5.76. The van der Waals surface area contributed by atoms with Gasteiger partial charge < -0.3 is 10.0 Å². The van der Waals surface area contributed by atoms with E-state index in [2.05, 4.69) is 41.8 Å². The normalized spacial score (nSPS) is 19.9. The Morgan fingerprint density at radius 1 is 1.05 bits per heavy atom. The van der Waals surface area contributed by atoms with Crippen molar-refractivity contribution in [1.29, 1.82) is 0 Å². The Morgan fingerprint density at radius 3 is 2.30 bits per heavy atom. The van der Waals surface area contributed by atoms with Gasteiger partial charge in [0.15, 0.2) is 0 Å².